The normalized spacial score (nSPS) is 11.8. The van der Waals surface area contributed by atoms with Crippen molar-refractivity contribution in [1.29, 1.82) is 0 Å². The number of para-hydroxylation sites is 2. The summed E-state index contributed by atoms with van der Waals surface area (Å²) >= 11 is 0. The molecule has 144 valence electrons. The highest BCUT2D eigenvalue weighted by Gasteiger charge is 2.32. The number of ether oxygens (including phenoxy) is 1. The second-order valence-corrected chi connectivity index (χ2v) is 5.34. The van der Waals surface area contributed by atoms with Crippen molar-refractivity contribution < 1.29 is 22.4 Å². The molecule has 26 heavy (non-hydrogen) atoms. The topological polar surface area (TPSA) is 85.7 Å². The molecule has 0 radical (unpaired) electrons. The zero-order chi connectivity index (χ0) is 18.4. The fourth-order valence-electron chi connectivity index (χ4n) is 2.28. The monoisotopic (exact) mass is 484 g/mol. The lowest BCUT2D eigenvalue weighted by atomic mass is 10.1. The molecule has 10 heteroatoms. The van der Waals surface area contributed by atoms with Gasteiger partial charge in [0.2, 0.25) is 0 Å². The van der Waals surface area contributed by atoms with Crippen molar-refractivity contribution in [1.82, 2.24) is 5.16 Å². The Kier molecular flexibility index (Phi) is 8.18. The van der Waals surface area contributed by atoms with Crippen molar-refractivity contribution in [2.45, 2.75) is 33.1 Å². The molecule has 0 spiro atoms. The predicted octanol–water partition coefficient (Wildman–Crippen LogP) is 4.17. The molecule has 2 aromatic rings. The standard InChI is InChI=1S/C16H19F3N4O2.HI/c1-10-12(11(2)25-23-10)6-5-9-21-15(20)22-13-7-3-4-8-14(13)24-16(17,18)19;/h3-4,7-8H,5-6,9H2,1-2H3,(H3,20,21,22);1H. The van der Waals surface area contributed by atoms with Crippen LogP contribution in [0.15, 0.2) is 33.8 Å². The van der Waals surface area contributed by atoms with Crippen LogP contribution < -0.4 is 15.8 Å². The molecule has 0 aliphatic rings. The third-order valence-electron chi connectivity index (χ3n) is 3.42. The van der Waals surface area contributed by atoms with Gasteiger partial charge in [0, 0.05) is 12.1 Å². The van der Waals surface area contributed by atoms with Gasteiger partial charge < -0.3 is 20.3 Å². The first-order chi connectivity index (χ1) is 11.8. The Hall–Kier alpha value is -1.98. The molecular weight excluding hydrogens is 464 g/mol. The fourth-order valence-corrected chi connectivity index (χ4v) is 2.28. The van der Waals surface area contributed by atoms with Crippen LogP contribution in [0.5, 0.6) is 5.75 Å². The molecule has 0 amide bonds. The van der Waals surface area contributed by atoms with Gasteiger partial charge in [-0.1, -0.05) is 17.3 Å². The Bertz CT molecular complexity index is 728. The van der Waals surface area contributed by atoms with E-state index in [9.17, 15) is 13.2 Å². The molecular formula is C16H20F3IN4O2. The predicted molar refractivity (Wildman–Crippen MR) is 103 cm³/mol. The van der Waals surface area contributed by atoms with Crippen LogP contribution in [0.4, 0.5) is 18.9 Å². The molecule has 3 N–H and O–H groups in total. The number of nitrogens with one attached hydrogen (secondary N) is 1. The molecule has 0 aliphatic carbocycles. The molecule has 0 fully saturated rings. The molecule has 0 aliphatic heterocycles. The second-order valence-electron chi connectivity index (χ2n) is 5.34. The van der Waals surface area contributed by atoms with E-state index in [4.69, 9.17) is 10.3 Å². The van der Waals surface area contributed by atoms with Gasteiger partial charge in [-0.2, -0.15) is 0 Å². The molecule has 1 aromatic carbocycles. The van der Waals surface area contributed by atoms with Gasteiger partial charge in [-0.25, -0.2) is 0 Å². The number of aliphatic imine (C=N–C) groups is 1. The second kappa shape index (κ2) is 9.64. The minimum absolute atomic E-state index is 0. The number of nitrogens with zero attached hydrogens (tertiary/aromatic N) is 2. The fraction of sp³-hybridized carbons (Fsp3) is 0.375. The largest absolute Gasteiger partial charge is 0.573 e. The smallest absolute Gasteiger partial charge is 0.404 e. The van der Waals surface area contributed by atoms with Crippen LogP contribution in [0.3, 0.4) is 0 Å². The number of guanidine groups is 1. The van der Waals surface area contributed by atoms with E-state index >= 15 is 0 Å². The van der Waals surface area contributed by atoms with Crippen LogP contribution >= 0.6 is 24.0 Å². The minimum atomic E-state index is -4.78. The number of hydrogen-bond acceptors (Lipinski definition) is 4. The van der Waals surface area contributed by atoms with E-state index in [1.807, 2.05) is 13.8 Å². The number of aryl methyl sites for hydroxylation is 2. The zero-order valence-corrected chi connectivity index (χ0v) is 16.6. The van der Waals surface area contributed by atoms with Gasteiger partial charge in [0.25, 0.3) is 0 Å². The van der Waals surface area contributed by atoms with Crippen molar-refractivity contribution in [3.63, 3.8) is 0 Å². The van der Waals surface area contributed by atoms with Crippen molar-refractivity contribution >= 4 is 35.6 Å². The maximum Gasteiger partial charge on any atom is 0.573 e. The Morgan fingerprint density at radius 2 is 2.00 bits per heavy atom. The minimum Gasteiger partial charge on any atom is -0.404 e. The number of alkyl halides is 3. The summed E-state index contributed by atoms with van der Waals surface area (Å²) in [5.74, 6) is 0.409. The summed E-state index contributed by atoms with van der Waals surface area (Å²) in [5.41, 5.74) is 7.69. The third-order valence-corrected chi connectivity index (χ3v) is 3.42. The summed E-state index contributed by atoms with van der Waals surface area (Å²) in [7, 11) is 0. The van der Waals surface area contributed by atoms with Crippen molar-refractivity contribution in [3.05, 3.63) is 41.3 Å². The third kappa shape index (κ3) is 6.73. The van der Waals surface area contributed by atoms with Gasteiger partial charge in [0.05, 0.1) is 11.4 Å². The lowest BCUT2D eigenvalue weighted by Gasteiger charge is -2.14. The van der Waals surface area contributed by atoms with Crippen molar-refractivity contribution in [2.24, 2.45) is 10.7 Å². The highest BCUT2D eigenvalue weighted by atomic mass is 127. The molecule has 0 saturated carbocycles. The van der Waals surface area contributed by atoms with E-state index in [1.54, 1.807) is 6.07 Å². The van der Waals surface area contributed by atoms with Crippen LogP contribution in [-0.4, -0.2) is 24.0 Å². The average molecular weight is 484 g/mol. The average Bonchev–Trinajstić information content (AvgIpc) is 2.83. The van der Waals surface area contributed by atoms with Crippen molar-refractivity contribution in [3.8, 4) is 5.75 Å². The van der Waals surface area contributed by atoms with E-state index in [1.165, 1.54) is 18.2 Å². The van der Waals surface area contributed by atoms with Gasteiger partial charge in [-0.05, 0) is 38.8 Å². The highest BCUT2D eigenvalue weighted by Crippen LogP contribution is 2.29. The number of anilines is 1. The van der Waals surface area contributed by atoms with E-state index in [0.717, 1.165) is 23.4 Å². The van der Waals surface area contributed by atoms with Crippen LogP contribution in [0, 0.1) is 13.8 Å². The Morgan fingerprint density at radius 3 is 2.62 bits per heavy atom. The zero-order valence-electron chi connectivity index (χ0n) is 14.3. The number of aromatic nitrogens is 1. The maximum absolute atomic E-state index is 12.4. The molecule has 6 nitrogen and oxygen atoms in total. The summed E-state index contributed by atoms with van der Waals surface area (Å²) in [4.78, 5) is 4.11. The van der Waals surface area contributed by atoms with Crippen LogP contribution in [-0.2, 0) is 6.42 Å². The van der Waals surface area contributed by atoms with Crippen molar-refractivity contribution in [2.75, 3.05) is 11.9 Å². The molecule has 0 saturated heterocycles. The number of halogens is 4. The molecule has 0 atom stereocenters. The number of rotatable bonds is 6. The highest BCUT2D eigenvalue weighted by molar-refractivity contribution is 14.0. The SMILES string of the molecule is Cc1noc(C)c1CCCN=C(N)Nc1ccccc1OC(F)(F)F.I. The number of hydrogen-bond donors (Lipinski definition) is 2. The summed E-state index contributed by atoms with van der Waals surface area (Å²) in [5, 5.41) is 6.49. The molecule has 0 bridgehead atoms. The summed E-state index contributed by atoms with van der Waals surface area (Å²) in [6.45, 7) is 4.11. The van der Waals surface area contributed by atoms with Gasteiger partial charge >= 0.3 is 6.36 Å². The summed E-state index contributed by atoms with van der Waals surface area (Å²) in [6.07, 6.45) is -3.35. The lowest BCUT2D eigenvalue weighted by Crippen LogP contribution is -2.24. The molecule has 1 heterocycles. The van der Waals surface area contributed by atoms with E-state index in [2.05, 4.69) is 20.2 Å². The van der Waals surface area contributed by atoms with Gasteiger partial charge in [-0.15, -0.1) is 37.1 Å². The quantitative estimate of drug-likeness (QED) is 0.278. The first-order valence-corrected chi connectivity index (χ1v) is 7.59. The van der Waals surface area contributed by atoms with Crippen LogP contribution in [0.2, 0.25) is 0 Å². The molecule has 0 unspecified atom stereocenters. The summed E-state index contributed by atoms with van der Waals surface area (Å²) in [6, 6.07) is 5.62. The van der Waals surface area contributed by atoms with E-state index in [0.29, 0.717) is 13.0 Å². The molecule has 1 aromatic heterocycles. The lowest BCUT2D eigenvalue weighted by molar-refractivity contribution is -0.274. The Morgan fingerprint density at radius 1 is 1.31 bits per heavy atom. The van der Waals surface area contributed by atoms with Crippen LogP contribution in [0.25, 0.3) is 0 Å². The molecule has 2 rings (SSSR count). The Balaban J connectivity index is 0.00000338. The van der Waals surface area contributed by atoms with Gasteiger partial charge in [0.15, 0.2) is 11.7 Å². The summed E-state index contributed by atoms with van der Waals surface area (Å²) < 4.78 is 46.2. The first kappa shape index (κ1) is 22.1. The first-order valence-electron chi connectivity index (χ1n) is 7.59. The van der Waals surface area contributed by atoms with Crippen LogP contribution in [0.1, 0.15) is 23.4 Å². The van der Waals surface area contributed by atoms with Gasteiger partial charge in [0.1, 0.15) is 5.76 Å². The number of nitrogens with two attached hydrogens (primary N) is 1. The van der Waals surface area contributed by atoms with E-state index < -0.39 is 6.36 Å². The maximum atomic E-state index is 12.4. The van der Waals surface area contributed by atoms with E-state index in [-0.39, 0.29) is 41.4 Å². The Labute approximate surface area is 166 Å². The van der Waals surface area contributed by atoms with Gasteiger partial charge in [-0.3, -0.25) is 4.99 Å². The number of benzene rings is 1.